The van der Waals surface area contributed by atoms with E-state index in [0.717, 1.165) is 54.9 Å². The fourth-order valence-corrected chi connectivity index (χ4v) is 6.66. The molecule has 4 fully saturated rings. The molecule has 2 aromatic rings. The van der Waals surface area contributed by atoms with Gasteiger partial charge in [-0.2, -0.15) is 0 Å². The summed E-state index contributed by atoms with van der Waals surface area (Å²) in [5.74, 6) is 2.24. The predicted molar refractivity (Wildman–Crippen MR) is 156 cm³/mol. The molecule has 2 aliphatic carbocycles. The van der Waals surface area contributed by atoms with Crippen LogP contribution < -0.4 is 19.8 Å². The first-order valence-corrected chi connectivity index (χ1v) is 15.1. The molecule has 1 aromatic carbocycles. The van der Waals surface area contributed by atoms with Gasteiger partial charge in [0.2, 0.25) is 0 Å². The molecule has 0 bridgehead atoms. The summed E-state index contributed by atoms with van der Waals surface area (Å²) in [6.45, 7) is 8.71. The second kappa shape index (κ2) is 10.0. The first kappa shape index (κ1) is 24.9. The standard InChI is InChI=1S/C30H41N5OS/c1-3-22-6-5-17-35(21-22)27-8-4-7-26(31-27)32-28(36)24-10-9-23(33-37-29(2)11-12-29)20-25(24)34-18-15-30(13-14-30)16-19-34/h4,7-10,20,22,33H,3,5-6,11-19,21H2,1-2H3,(H,31,32,36). The second-order valence-corrected chi connectivity index (χ2v) is 13.5. The van der Waals surface area contributed by atoms with Gasteiger partial charge in [-0.05, 0) is 112 Å². The third kappa shape index (κ3) is 5.71. The van der Waals surface area contributed by atoms with E-state index in [1.165, 1.54) is 57.8 Å². The number of benzene rings is 1. The Morgan fingerprint density at radius 2 is 1.86 bits per heavy atom. The van der Waals surface area contributed by atoms with E-state index in [-0.39, 0.29) is 5.91 Å². The highest BCUT2D eigenvalue weighted by atomic mass is 32.2. The van der Waals surface area contributed by atoms with Crippen LogP contribution in [0.1, 0.15) is 82.0 Å². The number of pyridine rings is 1. The largest absolute Gasteiger partial charge is 0.371 e. The molecule has 1 atom stereocenters. The summed E-state index contributed by atoms with van der Waals surface area (Å²) in [7, 11) is 0. The lowest BCUT2D eigenvalue weighted by Crippen LogP contribution is -2.36. The van der Waals surface area contributed by atoms with Gasteiger partial charge >= 0.3 is 0 Å². The minimum absolute atomic E-state index is 0.0789. The van der Waals surface area contributed by atoms with E-state index < -0.39 is 0 Å². The van der Waals surface area contributed by atoms with Crippen LogP contribution in [0.2, 0.25) is 0 Å². The first-order chi connectivity index (χ1) is 17.9. The van der Waals surface area contributed by atoms with Crippen molar-refractivity contribution >= 4 is 40.9 Å². The van der Waals surface area contributed by atoms with Crippen molar-refractivity contribution in [2.45, 2.75) is 76.4 Å². The molecule has 6 rings (SSSR count). The van der Waals surface area contributed by atoms with Crippen molar-refractivity contribution in [1.82, 2.24) is 4.98 Å². The molecule has 4 aliphatic rings. The molecular formula is C30H41N5OS. The summed E-state index contributed by atoms with van der Waals surface area (Å²) in [4.78, 5) is 23.3. The number of nitrogens with zero attached hydrogens (tertiary/aromatic N) is 3. The Morgan fingerprint density at radius 1 is 1.05 bits per heavy atom. The Morgan fingerprint density at radius 3 is 2.59 bits per heavy atom. The molecule has 1 amide bonds. The molecular weight excluding hydrogens is 478 g/mol. The zero-order valence-corrected chi connectivity index (χ0v) is 23.2. The van der Waals surface area contributed by atoms with E-state index >= 15 is 0 Å². The number of piperidine rings is 2. The van der Waals surface area contributed by atoms with E-state index in [0.29, 0.717) is 16.0 Å². The normalized spacial score (nSPS) is 23.6. The van der Waals surface area contributed by atoms with E-state index in [2.05, 4.69) is 45.8 Å². The summed E-state index contributed by atoms with van der Waals surface area (Å²) in [5.41, 5.74) is 3.45. The van der Waals surface area contributed by atoms with Gasteiger partial charge in [-0.25, -0.2) is 4.98 Å². The highest BCUT2D eigenvalue weighted by molar-refractivity contribution is 8.02. The van der Waals surface area contributed by atoms with Crippen LogP contribution in [0, 0.1) is 11.3 Å². The lowest BCUT2D eigenvalue weighted by molar-refractivity contribution is 0.102. The highest BCUT2D eigenvalue weighted by Gasteiger charge is 2.44. The van der Waals surface area contributed by atoms with Crippen molar-refractivity contribution in [3.05, 3.63) is 42.0 Å². The Labute approximate surface area is 226 Å². The molecule has 3 heterocycles. The van der Waals surface area contributed by atoms with Crippen LogP contribution in [0.25, 0.3) is 0 Å². The van der Waals surface area contributed by atoms with E-state index in [1.807, 2.05) is 36.2 Å². The Kier molecular flexibility index (Phi) is 6.76. The zero-order valence-electron chi connectivity index (χ0n) is 22.4. The van der Waals surface area contributed by atoms with Crippen molar-refractivity contribution in [1.29, 1.82) is 0 Å². The van der Waals surface area contributed by atoms with Gasteiger partial charge in [-0.3, -0.25) is 4.79 Å². The van der Waals surface area contributed by atoms with Gasteiger partial charge in [-0.1, -0.05) is 19.4 Å². The number of carbonyl (C=O) groups is 1. The van der Waals surface area contributed by atoms with Gasteiger partial charge < -0.3 is 19.8 Å². The highest BCUT2D eigenvalue weighted by Crippen LogP contribution is 2.54. The fourth-order valence-electron chi connectivity index (χ4n) is 5.87. The van der Waals surface area contributed by atoms with Crippen LogP contribution in [0.15, 0.2) is 36.4 Å². The molecule has 1 unspecified atom stereocenters. The van der Waals surface area contributed by atoms with E-state index in [1.54, 1.807) is 0 Å². The second-order valence-electron chi connectivity index (χ2n) is 12.1. The van der Waals surface area contributed by atoms with Gasteiger partial charge in [0.15, 0.2) is 0 Å². The van der Waals surface area contributed by atoms with Crippen molar-refractivity contribution in [2.75, 3.05) is 46.0 Å². The average Bonchev–Trinajstić information content (AvgIpc) is 3.86. The number of amides is 1. The summed E-state index contributed by atoms with van der Waals surface area (Å²) >= 11 is 1.81. The molecule has 7 heteroatoms. The molecule has 1 aromatic heterocycles. The number of anilines is 4. The van der Waals surface area contributed by atoms with E-state index in [4.69, 9.17) is 4.98 Å². The van der Waals surface area contributed by atoms with Gasteiger partial charge in [-0.15, -0.1) is 0 Å². The maximum absolute atomic E-state index is 13.6. The number of hydrogen-bond acceptors (Lipinski definition) is 6. The third-order valence-electron chi connectivity index (χ3n) is 9.13. The maximum atomic E-state index is 13.6. The van der Waals surface area contributed by atoms with Crippen LogP contribution in [0.4, 0.5) is 23.0 Å². The van der Waals surface area contributed by atoms with Gasteiger partial charge in [0.05, 0.1) is 11.3 Å². The molecule has 1 spiro atoms. The molecule has 0 radical (unpaired) electrons. The number of aromatic nitrogens is 1. The molecule has 37 heavy (non-hydrogen) atoms. The summed E-state index contributed by atoms with van der Waals surface area (Å²) in [5, 5.41) is 3.13. The predicted octanol–water partition coefficient (Wildman–Crippen LogP) is 6.95. The van der Waals surface area contributed by atoms with E-state index in [9.17, 15) is 4.79 Å². The van der Waals surface area contributed by atoms with Crippen molar-refractivity contribution < 1.29 is 4.79 Å². The van der Waals surface area contributed by atoms with Crippen LogP contribution in [0.3, 0.4) is 0 Å². The SMILES string of the molecule is CCC1CCCN(c2cccc(NC(=O)c3ccc(NSC4(C)CC4)cc3N3CCC4(CC3)CC4)n2)C1. The van der Waals surface area contributed by atoms with Crippen LogP contribution in [0.5, 0.6) is 0 Å². The minimum atomic E-state index is -0.0789. The summed E-state index contributed by atoms with van der Waals surface area (Å²) < 4.78 is 3.91. The maximum Gasteiger partial charge on any atom is 0.258 e. The van der Waals surface area contributed by atoms with Crippen molar-refractivity contribution in [2.24, 2.45) is 11.3 Å². The molecule has 2 saturated carbocycles. The molecule has 2 aliphatic heterocycles. The van der Waals surface area contributed by atoms with Gasteiger partial charge in [0.1, 0.15) is 11.6 Å². The topological polar surface area (TPSA) is 60.5 Å². The Balaban J connectivity index is 1.20. The molecule has 2 saturated heterocycles. The number of hydrogen-bond donors (Lipinski definition) is 2. The molecule has 198 valence electrons. The third-order valence-corrected chi connectivity index (χ3v) is 10.4. The Bertz CT molecular complexity index is 1130. The van der Waals surface area contributed by atoms with Gasteiger partial charge in [0, 0.05) is 36.6 Å². The molecule has 2 N–H and O–H groups in total. The summed E-state index contributed by atoms with van der Waals surface area (Å²) in [6, 6.07) is 12.2. The van der Waals surface area contributed by atoms with Gasteiger partial charge in [0.25, 0.3) is 5.91 Å². The lowest BCUT2D eigenvalue weighted by Gasteiger charge is -2.35. The fraction of sp³-hybridized carbons (Fsp3) is 0.600. The van der Waals surface area contributed by atoms with Crippen LogP contribution in [-0.4, -0.2) is 41.8 Å². The number of rotatable bonds is 8. The smallest absolute Gasteiger partial charge is 0.258 e. The minimum Gasteiger partial charge on any atom is -0.371 e. The average molecular weight is 520 g/mol. The summed E-state index contributed by atoms with van der Waals surface area (Å²) in [6.07, 6.45) is 11.4. The van der Waals surface area contributed by atoms with Crippen molar-refractivity contribution in [3.8, 4) is 0 Å². The first-order valence-electron chi connectivity index (χ1n) is 14.3. The number of nitrogens with one attached hydrogen (secondary N) is 2. The molecule has 6 nitrogen and oxygen atoms in total. The monoisotopic (exact) mass is 519 g/mol. The van der Waals surface area contributed by atoms with Crippen LogP contribution >= 0.6 is 11.9 Å². The quantitative estimate of drug-likeness (QED) is 0.368. The van der Waals surface area contributed by atoms with Crippen molar-refractivity contribution in [3.63, 3.8) is 0 Å². The number of carbonyl (C=O) groups excluding carboxylic acids is 1. The Hall–Kier alpha value is -2.41. The zero-order chi connectivity index (χ0) is 25.5. The van der Waals surface area contributed by atoms with Crippen LogP contribution in [-0.2, 0) is 0 Å². The lowest BCUT2D eigenvalue weighted by atomic mass is 9.93.